The Morgan fingerprint density at radius 2 is 1.71 bits per heavy atom. The smallest absolute Gasteiger partial charge is 0.240 e. The van der Waals surface area contributed by atoms with Crippen LogP contribution in [0.25, 0.3) is 0 Å². The van der Waals surface area contributed by atoms with Crippen LogP contribution < -0.4 is 5.32 Å². The predicted octanol–water partition coefficient (Wildman–Crippen LogP) is 3.73. The summed E-state index contributed by atoms with van der Waals surface area (Å²) < 4.78 is 0. The maximum absolute atomic E-state index is 12.5. The molecule has 3 nitrogen and oxygen atoms in total. The summed E-state index contributed by atoms with van der Waals surface area (Å²) >= 11 is 0. The molecule has 0 saturated heterocycles. The molecule has 0 spiro atoms. The summed E-state index contributed by atoms with van der Waals surface area (Å²) in [6.45, 7) is 2.63. The fourth-order valence-electron chi connectivity index (χ4n) is 2.97. The van der Waals surface area contributed by atoms with Gasteiger partial charge in [-0.25, -0.2) is 0 Å². The van der Waals surface area contributed by atoms with Crippen LogP contribution in [-0.2, 0) is 17.8 Å². The molecule has 0 unspecified atom stereocenters. The van der Waals surface area contributed by atoms with Gasteiger partial charge in [-0.2, -0.15) is 5.26 Å². The summed E-state index contributed by atoms with van der Waals surface area (Å²) in [5, 5.41) is 12.5. The highest BCUT2D eigenvalue weighted by Crippen LogP contribution is 2.34. The molecule has 0 aromatic heterocycles. The lowest BCUT2D eigenvalue weighted by molar-refractivity contribution is -0.129. The zero-order valence-electron chi connectivity index (χ0n) is 12.8. The Hall–Kier alpha value is -1.82. The first-order valence-corrected chi connectivity index (χ1v) is 7.97. The SMILES string of the molecule is CCc1ccc(CNC(=O)C2(C#N)CCCCCC2)cc1. The number of rotatable bonds is 4. The van der Waals surface area contributed by atoms with Crippen LogP contribution in [-0.4, -0.2) is 5.91 Å². The third-order valence-electron chi connectivity index (χ3n) is 4.49. The zero-order valence-corrected chi connectivity index (χ0v) is 12.8. The minimum atomic E-state index is -0.806. The molecule has 112 valence electrons. The molecule has 1 aliphatic carbocycles. The molecule has 21 heavy (non-hydrogen) atoms. The monoisotopic (exact) mass is 284 g/mol. The number of carbonyl (C=O) groups excluding carboxylic acids is 1. The minimum absolute atomic E-state index is 0.0912. The van der Waals surface area contributed by atoms with Gasteiger partial charge in [0, 0.05) is 6.54 Å². The number of hydrogen-bond acceptors (Lipinski definition) is 2. The van der Waals surface area contributed by atoms with Crippen LogP contribution in [0.1, 0.15) is 56.6 Å². The Bertz CT molecular complexity index is 505. The van der Waals surface area contributed by atoms with Crippen molar-refractivity contribution in [3.63, 3.8) is 0 Å². The van der Waals surface area contributed by atoms with Crippen LogP contribution in [0, 0.1) is 16.7 Å². The first kappa shape index (κ1) is 15.6. The molecule has 1 aromatic rings. The highest BCUT2D eigenvalue weighted by Gasteiger charge is 2.38. The van der Waals surface area contributed by atoms with E-state index in [0.29, 0.717) is 19.4 Å². The summed E-state index contributed by atoms with van der Waals surface area (Å²) in [4.78, 5) is 12.5. The van der Waals surface area contributed by atoms with Crippen LogP contribution in [0.5, 0.6) is 0 Å². The predicted molar refractivity (Wildman–Crippen MR) is 83.4 cm³/mol. The van der Waals surface area contributed by atoms with Crippen molar-refractivity contribution in [3.05, 3.63) is 35.4 Å². The lowest BCUT2D eigenvalue weighted by atomic mass is 9.81. The van der Waals surface area contributed by atoms with Gasteiger partial charge in [0.15, 0.2) is 0 Å². The number of hydrogen-bond donors (Lipinski definition) is 1. The Morgan fingerprint density at radius 1 is 1.14 bits per heavy atom. The third kappa shape index (κ3) is 3.85. The topological polar surface area (TPSA) is 52.9 Å². The summed E-state index contributed by atoms with van der Waals surface area (Å²) in [5.41, 5.74) is 1.57. The molecule has 1 aliphatic rings. The Kier molecular flexibility index (Phi) is 5.38. The van der Waals surface area contributed by atoms with Crippen LogP contribution in [0.3, 0.4) is 0 Å². The van der Waals surface area contributed by atoms with Crippen molar-refractivity contribution in [2.24, 2.45) is 5.41 Å². The first-order valence-electron chi connectivity index (χ1n) is 7.97. The number of nitrogens with zero attached hydrogens (tertiary/aromatic N) is 1. The van der Waals surface area contributed by atoms with E-state index in [1.54, 1.807) is 0 Å². The van der Waals surface area contributed by atoms with Crippen molar-refractivity contribution in [2.45, 2.75) is 58.4 Å². The zero-order chi connectivity index (χ0) is 15.1. The van der Waals surface area contributed by atoms with Crippen molar-refractivity contribution in [2.75, 3.05) is 0 Å². The van der Waals surface area contributed by atoms with Crippen LogP contribution in [0.4, 0.5) is 0 Å². The van der Waals surface area contributed by atoms with Gasteiger partial charge >= 0.3 is 0 Å². The molecule has 2 rings (SSSR count). The molecular formula is C18H24N2O. The highest BCUT2D eigenvalue weighted by molar-refractivity contribution is 5.85. The van der Waals surface area contributed by atoms with Gasteiger partial charge < -0.3 is 5.32 Å². The second kappa shape index (κ2) is 7.26. The van der Waals surface area contributed by atoms with E-state index in [1.807, 2.05) is 12.1 Å². The normalized spacial score (nSPS) is 17.5. The van der Waals surface area contributed by atoms with E-state index in [0.717, 1.165) is 37.7 Å². The van der Waals surface area contributed by atoms with Crippen molar-refractivity contribution < 1.29 is 4.79 Å². The molecule has 0 heterocycles. The Morgan fingerprint density at radius 3 is 2.24 bits per heavy atom. The fraction of sp³-hybridized carbons (Fsp3) is 0.556. The highest BCUT2D eigenvalue weighted by atomic mass is 16.2. The molecule has 1 aromatic carbocycles. The van der Waals surface area contributed by atoms with Gasteiger partial charge in [-0.1, -0.05) is 56.9 Å². The number of nitriles is 1. The minimum Gasteiger partial charge on any atom is -0.351 e. The first-order chi connectivity index (χ1) is 10.2. The van der Waals surface area contributed by atoms with Gasteiger partial charge in [-0.15, -0.1) is 0 Å². The molecule has 0 aliphatic heterocycles. The fourth-order valence-corrected chi connectivity index (χ4v) is 2.97. The van der Waals surface area contributed by atoms with E-state index in [1.165, 1.54) is 5.56 Å². The van der Waals surface area contributed by atoms with Crippen molar-refractivity contribution in [1.29, 1.82) is 5.26 Å². The molecule has 1 amide bonds. The second-order valence-electron chi connectivity index (χ2n) is 5.96. The number of benzene rings is 1. The van der Waals surface area contributed by atoms with Crippen LogP contribution >= 0.6 is 0 Å². The molecule has 1 N–H and O–H groups in total. The average Bonchev–Trinajstić information content (AvgIpc) is 2.79. The van der Waals surface area contributed by atoms with Gasteiger partial charge in [-0.05, 0) is 30.4 Å². The lowest BCUT2D eigenvalue weighted by Crippen LogP contribution is -2.39. The van der Waals surface area contributed by atoms with Crippen molar-refractivity contribution in [1.82, 2.24) is 5.32 Å². The lowest BCUT2D eigenvalue weighted by Gasteiger charge is -2.23. The molecule has 0 atom stereocenters. The molecular weight excluding hydrogens is 260 g/mol. The van der Waals surface area contributed by atoms with Gasteiger partial charge in [0.25, 0.3) is 0 Å². The second-order valence-corrected chi connectivity index (χ2v) is 5.96. The largest absolute Gasteiger partial charge is 0.351 e. The number of nitrogens with one attached hydrogen (secondary N) is 1. The van der Waals surface area contributed by atoms with E-state index < -0.39 is 5.41 Å². The van der Waals surface area contributed by atoms with E-state index in [4.69, 9.17) is 0 Å². The summed E-state index contributed by atoms with van der Waals surface area (Å²) in [5.74, 6) is -0.0912. The van der Waals surface area contributed by atoms with Crippen LogP contribution in [0.2, 0.25) is 0 Å². The van der Waals surface area contributed by atoms with E-state index in [-0.39, 0.29) is 5.91 Å². The maximum Gasteiger partial charge on any atom is 0.240 e. The van der Waals surface area contributed by atoms with Gasteiger partial charge in [0.05, 0.1) is 6.07 Å². The summed E-state index contributed by atoms with van der Waals surface area (Å²) in [6.07, 6.45) is 6.64. The molecule has 0 radical (unpaired) electrons. The van der Waals surface area contributed by atoms with Crippen LogP contribution in [0.15, 0.2) is 24.3 Å². The number of amides is 1. The van der Waals surface area contributed by atoms with E-state index in [2.05, 4.69) is 30.4 Å². The van der Waals surface area contributed by atoms with Gasteiger partial charge in [0.2, 0.25) is 5.91 Å². The van der Waals surface area contributed by atoms with Gasteiger partial charge in [-0.3, -0.25) is 4.79 Å². The maximum atomic E-state index is 12.5. The Labute approximate surface area is 127 Å². The molecule has 3 heteroatoms. The average molecular weight is 284 g/mol. The number of aryl methyl sites for hydroxylation is 1. The molecule has 0 bridgehead atoms. The number of carbonyl (C=O) groups is 1. The summed E-state index contributed by atoms with van der Waals surface area (Å²) in [7, 11) is 0. The third-order valence-corrected chi connectivity index (χ3v) is 4.49. The standard InChI is InChI=1S/C18H24N2O/c1-2-15-7-9-16(10-8-15)13-20-17(21)18(14-19)11-5-3-4-6-12-18/h7-10H,2-6,11-13H2,1H3,(H,20,21). The van der Waals surface area contributed by atoms with E-state index >= 15 is 0 Å². The molecule has 1 saturated carbocycles. The Balaban J connectivity index is 1.97. The summed E-state index contributed by atoms with van der Waals surface area (Å²) in [6, 6.07) is 10.6. The van der Waals surface area contributed by atoms with Gasteiger partial charge in [0.1, 0.15) is 5.41 Å². The van der Waals surface area contributed by atoms with Crippen molar-refractivity contribution in [3.8, 4) is 6.07 Å². The van der Waals surface area contributed by atoms with E-state index in [9.17, 15) is 10.1 Å². The van der Waals surface area contributed by atoms with Crippen molar-refractivity contribution >= 4 is 5.91 Å². The quantitative estimate of drug-likeness (QED) is 0.856. The molecule has 1 fully saturated rings.